The molecule has 0 saturated carbocycles. The summed E-state index contributed by atoms with van der Waals surface area (Å²) in [5.74, 6) is 1.67. The van der Waals surface area contributed by atoms with E-state index in [9.17, 15) is 0 Å². The maximum absolute atomic E-state index is 5.88. The van der Waals surface area contributed by atoms with Gasteiger partial charge in [-0.25, -0.2) is 0 Å². The number of rotatable bonds is 4. The lowest BCUT2D eigenvalue weighted by atomic mass is 10.2. The van der Waals surface area contributed by atoms with Crippen LogP contribution in [0, 0.1) is 0 Å². The monoisotopic (exact) mass is 339 g/mol. The Hall–Kier alpha value is -1.04. The Balaban J connectivity index is 1.50. The molecule has 1 atom stereocenters. The van der Waals surface area contributed by atoms with E-state index in [2.05, 4.69) is 32.7 Å². The fourth-order valence-corrected chi connectivity index (χ4v) is 3.19. The molecule has 0 unspecified atom stereocenters. The van der Waals surface area contributed by atoms with Crippen molar-refractivity contribution in [3.05, 3.63) is 45.1 Å². The van der Waals surface area contributed by atoms with Crippen LogP contribution in [0.4, 0.5) is 0 Å². The lowest BCUT2D eigenvalue weighted by Gasteiger charge is -2.26. The van der Waals surface area contributed by atoms with Gasteiger partial charge in [0.25, 0.3) is 0 Å². The van der Waals surface area contributed by atoms with Crippen molar-refractivity contribution in [2.24, 2.45) is 0 Å². The molecule has 1 N–H and O–H groups in total. The Labute approximate surface area is 124 Å². The molecule has 2 aromatic rings. The molecule has 0 fully saturated rings. The minimum atomic E-state index is 0.0666. The van der Waals surface area contributed by atoms with Crippen LogP contribution in [0.3, 0.4) is 0 Å². The van der Waals surface area contributed by atoms with Gasteiger partial charge in [-0.3, -0.25) is 0 Å². The summed E-state index contributed by atoms with van der Waals surface area (Å²) in [5.41, 5.74) is 1.29. The molecule has 19 heavy (non-hydrogen) atoms. The van der Waals surface area contributed by atoms with Gasteiger partial charge in [0.15, 0.2) is 11.5 Å². The van der Waals surface area contributed by atoms with Gasteiger partial charge >= 0.3 is 0 Å². The number of benzene rings is 1. The van der Waals surface area contributed by atoms with Gasteiger partial charge in [0.1, 0.15) is 12.7 Å². The molecular weight excluding hydrogens is 326 g/mol. The van der Waals surface area contributed by atoms with Gasteiger partial charge in [-0.1, -0.05) is 12.1 Å². The standard InChI is InChI=1S/C14H14BrNO2S/c15-14-5-10(9-19-14)6-16-7-11-8-17-12-3-1-2-4-13(12)18-11/h1-5,9,11,16H,6-8H2/t11-/m0/s1. The highest BCUT2D eigenvalue weighted by Crippen LogP contribution is 2.30. The largest absolute Gasteiger partial charge is 0.486 e. The number of hydrogen-bond acceptors (Lipinski definition) is 4. The Kier molecular flexibility index (Phi) is 4.06. The minimum absolute atomic E-state index is 0.0666. The molecule has 0 saturated heterocycles. The normalized spacial score (nSPS) is 17.4. The summed E-state index contributed by atoms with van der Waals surface area (Å²) in [5, 5.41) is 5.54. The summed E-state index contributed by atoms with van der Waals surface area (Å²) in [6, 6.07) is 9.92. The average Bonchev–Trinajstić information content (AvgIpc) is 2.84. The van der Waals surface area contributed by atoms with Crippen molar-refractivity contribution in [2.45, 2.75) is 12.6 Å². The highest BCUT2D eigenvalue weighted by atomic mass is 79.9. The molecule has 3 rings (SSSR count). The Morgan fingerprint density at radius 2 is 2.16 bits per heavy atom. The smallest absolute Gasteiger partial charge is 0.161 e. The molecule has 0 radical (unpaired) electrons. The number of nitrogens with one attached hydrogen (secondary N) is 1. The van der Waals surface area contributed by atoms with Crippen LogP contribution in [0.25, 0.3) is 0 Å². The predicted molar refractivity (Wildman–Crippen MR) is 80.1 cm³/mol. The third-order valence-corrected chi connectivity index (χ3v) is 4.44. The molecular formula is C14H14BrNO2S. The van der Waals surface area contributed by atoms with E-state index >= 15 is 0 Å². The van der Waals surface area contributed by atoms with E-state index in [1.54, 1.807) is 11.3 Å². The lowest BCUT2D eigenvalue weighted by molar-refractivity contribution is 0.0902. The number of halogens is 1. The summed E-state index contributed by atoms with van der Waals surface area (Å²) in [4.78, 5) is 0. The van der Waals surface area contributed by atoms with Crippen LogP contribution in [0.1, 0.15) is 5.56 Å². The van der Waals surface area contributed by atoms with E-state index in [1.165, 1.54) is 5.56 Å². The summed E-state index contributed by atoms with van der Waals surface area (Å²) >= 11 is 5.17. The van der Waals surface area contributed by atoms with E-state index < -0.39 is 0 Å². The zero-order valence-electron chi connectivity index (χ0n) is 10.3. The van der Waals surface area contributed by atoms with Crippen molar-refractivity contribution in [3.63, 3.8) is 0 Å². The van der Waals surface area contributed by atoms with Gasteiger partial charge in [-0.2, -0.15) is 0 Å². The molecule has 1 aromatic heterocycles. The maximum atomic E-state index is 5.88. The third-order valence-electron chi connectivity index (χ3n) is 2.89. The Bertz CT molecular complexity index is 558. The summed E-state index contributed by atoms with van der Waals surface area (Å²) in [6.07, 6.45) is 0.0666. The van der Waals surface area contributed by atoms with E-state index in [0.717, 1.165) is 28.4 Å². The van der Waals surface area contributed by atoms with Crippen LogP contribution >= 0.6 is 27.3 Å². The first-order valence-corrected chi connectivity index (χ1v) is 7.80. The van der Waals surface area contributed by atoms with Crippen molar-refractivity contribution < 1.29 is 9.47 Å². The first kappa shape index (κ1) is 13.0. The van der Waals surface area contributed by atoms with Gasteiger partial charge in [0.2, 0.25) is 0 Å². The summed E-state index contributed by atoms with van der Waals surface area (Å²) in [6.45, 7) is 2.22. The van der Waals surface area contributed by atoms with Gasteiger partial charge in [-0.15, -0.1) is 11.3 Å². The second-order valence-electron chi connectivity index (χ2n) is 4.39. The summed E-state index contributed by atoms with van der Waals surface area (Å²) in [7, 11) is 0. The molecule has 1 aromatic carbocycles. The van der Waals surface area contributed by atoms with Gasteiger partial charge < -0.3 is 14.8 Å². The molecule has 2 heterocycles. The first-order valence-electron chi connectivity index (χ1n) is 6.13. The highest BCUT2D eigenvalue weighted by molar-refractivity contribution is 9.11. The molecule has 1 aliphatic rings. The molecule has 0 aliphatic carbocycles. The topological polar surface area (TPSA) is 30.5 Å². The van der Waals surface area contributed by atoms with Crippen LogP contribution in [0.2, 0.25) is 0 Å². The fraction of sp³-hybridized carbons (Fsp3) is 0.286. The van der Waals surface area contributed by atoms with E-state index in [4.69, 9.17) is 9.47 Å². The van der Waals surface area contributed by atoms with Gasteiger partial charge in [0, 0.05) is 13.1 Å². The highest BCUT2D eigenvalue weighted by Gasteiger charge is 2.19. The molecule has 0 amide bonds. The van der Waals surface area contributed by atoms with E-state index in [0.29, 0.717) is 6.61 Å². The molecule has 0 bridgehead atoms. The number of para-hydroxylation sites is 2. The molecule has 0 spiro atoms. The fourth-order valence-electron chi connectivity index (χ4n) is 1.98. The third kappa shape index (κ3) is 3.29. The molecule has 5 heteroatoms. The van der Waals surface area contributed by atoms with Crippen molar-refractivity contribution >= 4 is 27.3 Å². The van der Waals surface area contributed by atoms with E-state index in [1.807, 2.05) is 24.3 Å². The quantitative estimate of drug-likeness (QED) is 0.925. The zero-order valence-corrected chi connectivity index (χ0v) is 12.7. The van der Waals surface area contributed by atoms with Crippen LogP contribution in [-0.4, -0.2) is 19.3 Å². The number of thiophene rings is 1. The first-order chi connectivity index (χ1) is 9.31. The molecule has 3 nitrogen and oxygen atoms in total. The number of fused-ring (bicyclic) bond motifs is 1. The van der Waals surface area contributed by atoms with Crippen molar-refractivity contribution in [1.29, 1.82) is 0 Å². The summed E-state index contributed by atoms with van der Waals surface area (Å²) < 4.78 is 12.7. The van der Waals surface area contributed by atoms with E-state index in [-0.39, 0.29) is 6.10 Å². The number of hydrogen-bond donors (Lipinski definition) is 1. The second kappa shape index (κ2) is 5.94. The van der Waals surface area contributed by atoms with Crippen LogP contribution in [-0.2, 0) is 6.54 Å². The molecule has 1 aliphatic heterocycles. The van der Waals surface area contributed by atoms with Gasteiger partial charge in [-0.05, 0) is 45.1 Å². The minimum Gasteiger partial charge on any atom is -0.486 e. The van der Waals surface area contributed by atoms with Crippen LogP contribution in [0.15, 0.2) is 39.5 Å². The van der Waals surface area contributed by atoms with Crippen molar-refractivity contribution in [2.75, 3.05) is 13.2 Å². The SMILES string of the molecule is Brc1cc(CNC[C@H]2COc3ccccc3O2)cs1. The Morgan fingerprint density at radius 3 is 2.95 bits per heavy atom. The molecule has 100 valence electrons. The average molecular weight is 340 g/mol. The zero-order chi connectivity index (χ0) is 13.1. The number of ether oxygens (including phenoxy) is 2. The van der Waals surface area contributed by atoms with Crippen molar-refractivity contribution in [3.8, 4) is 11.5 Å². The van der Waals surface area contributed by atoms with Crippen LogP contribution in [0.5, 0.6) is 11.5 Å². The lowest BCUT2D eigenvalue weighted by Crippen LogP contribution is -2.38. The maximum Gasteiger partial charge on any atom is 0.161 e. The van der Waals surface area contributed by atoms with Gasteiger partial charge in [0.05, 0.1) is 3.79 Å². The van der Waals surface area contributed by atoms with Crippen LogP contribution < -0.4 is 14.8 Å². The Morgan fingerprint density at radius 1 is 1.32 bits per heavy atom. The van der Waals surface area contributed by atoms with Crippen molar-refractivity contribution in [1.82, 2.24) is 5.32 Å². The predicted octanol–water partition coefficient (Wildman–Crippen LogP) is 3.44. The second-order valence-corrected chi connectivity index (χ2v) is 6.68.